The highest BCUT2D eigenvalue weighted by atomic mass is 19.1. The van der Waals surface area contributed by atoms with Crippen molar-refractivity contribution >= 4 is 11.7 Å². The highest BCUT2D eigenvalue weighted by Gasteiger charge is 2.26. The van der Waals surface area contributed by atoms with Crippen molar-refractivity contribution in [3.05, 3.63) is 29.6 Å². The summed E-state index contributed by atoms with van der Waals surface area (Å²) in [6, 6.07) is 3.87. The molecule has 18 heavy (non-hydrogen) atoms. The third kappa shape index (κ3) is 3.20. The van der Waals surface area contributed by atoms with Gasteiger partial charge in [-0.15, -0.1) is 0 Å². The number of amides is 2. The lowest BCUT2D eigenvalue weighted by atomic mass is 10.1. The second-order valence-electron chi connectivity index (χ2n) is 4.69. The molecule has 1 aromatic carbocycles. The van der Waals surface area contributed by atoms with E-state index in [1.165, 1.54) is 12.1 Å². The molecule has 1 atom stereocenters. The maximum atomic E-state index is 13.5. The van der Waals surface area contributed by atoms with E-state index >= 15 is 0 Å². The molecule has 0 radical (unpaired) electrons. The fraction of sp³-hybridized carbons (Fsp3) is 0.462. The molecule has 2 rings (SSSR count). The van der Waals surface area contributed by atoms with E-state index in [1.807, 2.05) is 0 Å². The highest BCUT2D eigenvalue weighted by molar-refractivity contribution is 5.89. The maximum absolute atomic E-state index is 13.5. The van der Waals surface area contributed by atoms with Crippen LogP contribution in [0.2, 0.25) is 0 Å². The molecule has 1 aliphatic rings. The van der Waals surface area contributed by atoms with E-state index < -0.39 is 6.03 Å². The molecule has 0 aromatic heterocycles. The van der Waals surface area contributed by atoms with Crippen LogP contribution in [0.4, 0.5) is 14.9 Å². The number of anilines is 1. The molecular weight excluding hydrogens is 235 g/mol. The zero-order valence-electron chi connectivity index (χ0n) is 10.2. The standard InChI is InChI=1S/C13H17FN2O2/c1-8(7-17)15-13(18)16-10-4-5-12(14)11(6-10)9-2-3-9/h4-6,8-9,17H,2-3,7H2,1H3,(H2,15,16,18)/t8-/m0/s1. The minimum absolute atomic E-state index is 0.121. The molecule has 0 bridgehead atoms. The first kappa shape index (κ1) is 12.8. The van der Waals surface area contributed by atoms with Gasteiger partial charge in [0.2, 0.25) is 0 Å². The molecule has 0 spiro atoms. The molecule has 0 aliphatic heterocycles. The van der Waals surface area contributed by atoms with Crippen LogP contribution in [0.25, 0.3) is 0 Å². The first-order chi connectivity index (χ1) is 8.60. The SMILES string of the molecule is C[C@@H](CO)NC(=O)Nc1ccc(F)c(C2CC2)c1. The average molecular weight is 252 g/mol. The van der Waals surface area contributed by atoms with Crippen LogP contribution in [-0.2, 0) is 0 Å². The molecule has 4 nitrogen and oxygen atoms in total. The fourth-order valence-corrected chi connectivity index (χ4v) is 1.77. The Morgan fingerprint density at radius 2 is 2.28 bits per heavy atom. The van der Waals surface area contributed by atoms with Gasteiger partial charge in [0, 0.05) is 5.69 Å². The van der Waals surface area contributed by atoms with Crippen LogP contribution in [0.5, 0.6) is 0 Å². The van der Waals surface area contributed by atoms with Crippen molar-refractivity contribution in [2.75, 3.05) is 11.9 Å². The molecular formula is C13H17FN2O2. The summed E-state index contributed by atoms with van der Waals surface area (Å²) in [5.41, 5.74) is 1.24. The van der Waals surface area contributed by atoms with Crippen LogP contribution in [0.3, 0.4) is 0 Å². The summed E-state index contributed by atoms with van der Waals surface area (Å²) >= 11 is 0. The Balaban J connectivity index is 2.00. The lowest BCUT2D eigenvalue weighted by Crippen LogP contribution is -2.38. The van der Waals surface area contributed by atoms with Crippen molar-refractivity contribution in [3.8, 4) is 0 Å². The minimum Gasteiger partial charge on any atom is -0.394 e. The Morgan fingerprint density at radius 3 is 2.89 bits per heavy atom. The Morgan fingerprint density at radius 1 is 1.56 bits per heavy atom. The number of hydrogen-bond acceptors (Lipinski definition) is 2. The number of carbonyl (C=O) groups excluding carboxylic acids is 1. The minimum atomic E-state index is -0.398. The van der Waals surface area contributed by atoms with Gasteiger partial charge in [-0.25, -0.2) is 9.18 Å². The van der Waals surface area contributed by atoms with Gasteiger partial charge < -0.3 is 15.7 Å². The number of hydrogen-bond donors (Lipinski definition) is 3. The third-order valence-electron chi connectivity index (χ3n) is 2.92. The number of urea groups is 1. The molecule has 0 saturated heterocycles. The molecule has 5 heteroatoms. The van der Waals surface area contributed by atoms with Gasteiger partial charge in [0.1, 0.15) is 5.82 Å². The number of nitrogens with one attached hydrogen (secondary N) is 2. The van der Waals surface area contributed by atoms with E-state index in [9.17, 15) is 9.18 Å². The van der Waals surface area contributed by atoms with Crippen molar-refractivity contribution in [3.63, 3.8) is 0 Å². The quantitative estimate of drug-likeness (QED) is 0.769. The lowest BCUT2D eigenvalue weighted by molar-refractivity contribution is 0.229. The summed E-state index contributed by atoms with van der Waals surface area (Å²) in [5.74, 6) is 0.0818. The summed E-state index contributed by atoms with van der Waals surface area (Å²) in [6.45, 7) is 1.57. The van der Waals surface area contributed by atoms with Gasteiger partial charge in [0.05, 0.1) is 12.6 Å². The van der Waals surface area contributed by atoms with E-state index in [4.69, 9.17) is 5.11 Å². The summed E-state index contributed by atoms with van der Waals surface area (Å²) in [6.07, 6.45) is 2.02. The molecule has 98 valence electrons. The molecule has 0 unspecified atom stereocenters. The second-order valence-corrected chi connectivity index (χ2v) is 4.69. The van der Waals surface area contributed by atoms with E-state index in [1.54, 1.807) is 13.0 Å². The Kier molecular flexibility index (Phi) is 3.81. The predicted octanol–water partition coefficient (Wildman–Crippen LogP) is 2.21. The number of rotatable bonds is 4. The second kappa shape index (κ2) is 5.35. The largest absolute Gasteiger partial charge is 0.394 e. The van der Waals surface area contributed by atoms with E-state index in [0.29, 0.717) is 17.2 Å². The van der Waals surface area contributed by atoms with Gasteiger partial charge in [-0.3, -0.25) is 0 Å². The van der Waals surface area contributed by atoms with Gasteiger partial charge in [0.25, 0.3) is 0 Å². The summed E-state index contributed by atoms with van der Waals surface area (Å²) < 4.78 is 13.5. The fourth-order valence-electron chi connectivity index (χ4n) is 1.77. The Bertz CT molecular complexity index is 447. The normalized spacial score (nSPS) is 16.2. The topological polar surface area (TPSA) is 61.4 Å². The van der Waals surface area contributed by atoms with E-state index in [0.717, 1.165) is 12.8 Å². The summed E-state index contributed by atoms with van der Waals surface area (Å²) in [5, 5.41) is 14.0. The highest BCUT2D eigenvalue weighted by Crippen LogP contribution is 2.42. The van der Waals surface area contributed by atoms with E-state index in [2.05, 4.69) is 10.6 Å². The first-order valence-electron chi connectivity index (χ1n) is 6.08. The molecule has 0 heterocycles. The zero-order chi connectivity index (χ0) is 13.1. The number of aliphatic hydroxyl groups is 1. The van der Waals surface area contributed by atoms with Crippen molar-refractivity contribution in [1.82, 2.24) is 5.32 Å². The molecule has 3 N–H and O–H groups in total. The summed E-state index contributed by atoms with van der Waals surface area (Å²) in [7, 11) is 0. The van der Waals surface area contributed by atoms with Gasteiger partial charge in [-0.2, -0.15) is 0 Å². The first-order valence-corrected chi connectivity index (χ1v) is 6.08. The van der Waals surface area contributed by atoms with Crippen LogP contribution >= 0.6 is 0 Å². The van der Waals surface area contributed by atoms with Crippen molar-refractivity contribution in [2.24, 2.45) is 0 Å². The van der Waals surface area contributed by atoms with Gasteiger partial charge in [0.15, 0.2) is 0 Å². The van der Waals surface area contributed by atoms with Crippen LogP contribution in [-0.4, -0.2) is 23.8 Å². The van der Waals surface area contributed by atoms with Crippen LogP contribution < -0.4 is 10.6 Å². The van der Waals surface area contributed by atoms with Crippen molar-refractivity contribution in [1.29, 1.82) is 0 Å². The van der Waals surface area contributed by atoms with Crippen LogP contribution in [0.15, 0.2) is 18.2 Å². The molecule has 1 aliphatic carbocycles. The molecule has 1 saturated carbocycles. The number of benzene rings is 1. The Hall–Kier alpha value is -1.62. The van der Waals surface area contributed by atoms with Crippen LogP contribution in [0, 0.1) is 5.82 Å². The predicted molar refractivity (Wildman–Crippen MR) is 67.1 cm³/mol. The summed E-state index contributed by atoms with van der Waals surface area (Å²) in [4.78, 5) is 11.5. The Labute approximate surface area is 105 Å². The lowest BCUT2D eigenvalue weighted by Gasteiger charge is -2.12. The van der Waals surface area contributed by atoms with Crippen molar-refractivity contribution < 1.29 is 14.3 Å². The number of carbonyl (C=O) groups is 1. The van der Waals surface area contributed by atoms with Gasteiger partial charge >= 0.3 is 6.03 Å². The maximum Gasteiger partial charge on any atom is 0.319 e. The molecule has 1 aromatic rings. The van der Waals surface area contributed by atoms with Gasteiger partial charge in [-0.05, 0) is 49.4 Å². The average Bonchev–Trinajstić information content (AvgIpc) is 3.15. The smallest absolute Gasteiger partial charge is 0.319 e. The van der Waals surface area contributed by atoms with Crippen molar-refractivity contribution in [2.45, 2.75) is 31.7 Å². The monoisotopic (exact) mass is 252 g/mol. The van der Waals surface area contributed by atoms with Crippen LogP contribution in [0.1, 0.15) is 31.2 Å². The molecule has 1 fully saturated rings. The number of aliphatic hydroxyl groups excluding tert-OH is 1. The van der Waals surface area contributed by atoms with E-state index in [-0.39, 0.29) is 18.5 Å². The zero-order valence-corrected chi connectivity index (χ0v) is 10.2. The number of halogens is 1. The molecule has 2 amide bonds. The van der Waals surface area contributed by atoms with Gasteiger partial charge in [-0.1, -0.05) is 0 Å². The third-order valence-corrected chi connectivity index (χ3v) is 2.92.